The molecule has 0 saturated carbocycles. The Balaban J connectivity index is 2.10. The van der Waals surface area contributed by atoms with Crippen molar-refractivity contribution in [2.45, 2.75) is 45.6 Å². The molecule has 0 spiro atoms. The third-order valence-electron chi connectivity index (χ3n) is 5.35. The maximum atomic E-state index is 12.7. The number of methoxy groups -OCH3 is 1. The van der Waals surface area contributed by atoms with Crippen molar-refractivity contribution in [2.75, 3.05) is 33.4 Å². The van der Waals surface area contributed by atoms with Gasteiger partial charge in [-0.15, -0.1) is 0 Å². The summed E-state index contributed by atoms with van der Waals surface area (Å²) in [5, 5.41) is 0. The van der Waals surface area contributed by atoms with Crippen LogP contribution < -0.4 is 0 Å². The number of hydrogen-bond acceptors (Lipinski definition) is 6. The number of aryl methyl sites for hydroxylation is 1. The standard InChI is InChI=1S/C23H32N2O6S/c1-6-24(7-2)32(28,29)20-11-8-10-19(15-20)23(27)31-16-22(26)21-14-17(3)25(18(21)4)12-9-13-30-5/h8,10-11,14-15H,6-7,9,12-13,16H2,1-5H3. The average Bonchev–Trinajstić information content (AvgIpc) is 3.06. The summed E-state index contributed by atoms with van der Waals surface area (Å²) < 4.78 is 39.0. The Morgan fingerprint density at radius 2 is 1.78 bits per heavy atom. The number of carbonyl (C=O) groups is 2. The van der Waals surface area contributed by atoms with Gasteiger partial charge in [-0.3, -0.25) is 4.79 Å². The molecule has 0 fully saturated rings. The summed E-state index contributed by atoms with van der Waals surface area (Å²) in [6.45, 7) is 8.86. The van der Waals surface area contributed by atoms with Gasteiger partial charge in [-0.1, -0.05) is 19.9 Å². The molecule has 2 rings (SSSR count). The molecular weight excluding hydrogens is 432 g/mol. The molecule has 0 bridgehead atoms. The van der Waals surface area contributed by atoms with Crippen molar-refractivity contribution in [1.29, 1.82) is 0 Å². The molecule has 0 N–H and O–H groups in total. The van der Waals surface area contributed by atoms with Crippen molar-refractivity contribution < 1.29 is 27.5 Å². The van der Waals surface area contributed by atoms with Gasteiger partial charge < -0.3 is 14.0 Å². The molecule has 1 aromatic carbocycles. The largest absolute Gasteiger partial charge is 0.454 e. The number of carbonyl (C=O) groups excluding carboxylic acids is 2. The van der Waals surface area contributed by atoms with Gasteiger partial charge in [0.25, 0.3) is 0 Å². The van der Waals surface area contributed by atoms with Crippen LogP contribution in [0.4, 0.5) is 0 Å². The molecule has 32 heavy (non-hydrogen) atoms. The lowest BCUT2D eigenvalue weighted by molar-refractivity contribution is 0.0474. The Kier molecular flexibility index (Phi) is 9.18. The number of rotatable bonds is 12. The molecule has 0 radical (unpaired) electrons. The summed E-state index contributed by atoms with van der Waals surface area (Å²) in [4.78, 5) is 25.2. The number of esters is 1. The summed E-state index contributed by atoms with van der Waals surface area (Å²) in [5.74, 6) is -1.06. The minimum atomic E-state index is -3.70. The predicted molar refractivity (Wildman–Crippen MR) is 122 cm³/mol. The van der Waals surface area contributed by atoms with Gasteiger partial charge in [-0.25, -0.2) is 13.2 Å². The minimum Gasteiger partial charge on any atom is -0.454 e. The summed E-state index contributed by atoms with van der Waals surface area (Å²) in [6.07, 6.45) is 0.822. The van der Waals surface area contributed by atoms with E-state index in [-0.39, 0.29) is 16.2 Å². The molecule has 0 aliphatic rings. The van der Waals surface area contributed by atoms with E-state index in [0.29, 0.717) is 25.3 Å². The summed E-state index contributed by atoms with van der Waals surface area (Å²) >= 11 is 0. The molecule has 8 nitrogen and oxygen atoms in total. The normalized spacial score (nSPS) is 11.7. The second kappa shape index (κ2) is 11.4. The Morgan fingerprint density at radius 1 is 1.09 bits per heavy atom. The van der Waals surface area contributed by atoms with Gasteiger partial charge in [0.15, 0.2) is 6.61 Å². The van der Waals surface area contributed by atoms with E-state index in [1.54, 1.807) is 27.0 Å². The van der Waals surface area contributed by atoms with E-state index in [0.717, 1.165) is 24.4 Å². The molecular formula is C23H32N2O6S. The van der Waals surface area contributed by atoms with Gasteiger partial charge in [0, 0.05) is 50.3 Å². The number of Topliss-reactive ketones (excluding diaryl/α,β-unsaturated/α-hetero) is 1. The van der Waals surface area contributed by atoms with Crippen LogP contribution in [-0.4, -0.2) is 62.5 Å². The number of ether oxygens (including phenoxy) is 2. The smallest absolute Gasteiger partial charge is 0.338 e. The van der Waals surface area contributed by atoms with Crippen molar-refractivity contribution in [2.24, 2.45) is 0 Å². The highest BCUT2D eigenvalue weighted by Crippen LogP contribution is 2.19. The number of nitrogens with zero attached hydrogens (tertiary/aromatic N) is 2. The van der Waals surface area contributed by atoms with Crippen molar-refractivity contribution in [1.82, 2.24) is 8.87 Å². The minimum absolute atomic E-state index is 0.0154. The monoisotopic (exact) mass is 464 g/mol. The SMILES string of the molecule is CCN(CC)S(=O)(=O)c1cccc(C(=O)OCC(=O)c2cc(C)n(CCCOC)c2C)c1. The van der Waals surface area contributed by atoms with Crippen LogP contribution >= 0.6 is 0 Å². The average molecular weight is 465 g/mol. The third kappa shape index (κ3) is 5.85. The first-order valence-corrected chi connectivity index (χ1v) is 12.1. The quantitative estimate of drug-likeness (QED) is 0.272. The van der Waals surface area contributed by atoms with E-state index in [2.05, 4.69) is 0 Å². The molecule has 1 heterocycles. The molecule has 1 aromatic heterocycles. The number of benzene rings is 1. The molecule has 0 unspecified atom stereocenters. The summed E-state index contributed by atoms with van der Waals surface area (Å²) in [7, 11) is -2.06. The Hall–Kier alpha value is -2.49. The van der Waals surface area contributed by atoms with Crippen molar-refractivity contribution in [3.8, 4) is 0 Å². The fourth-order valence-electron chi connectivity index (χ4n) is 3.58. The molecule has 0 saturated heterocycles. The van der Waals surface area contributed by atoms with Crippen LogP contribution in [0.2, 0.25) is 0 Å². The number of ketones is 1. The summed E-state index contributed by atoms with van der Waals surface area (Å²) in [6, 6.07) is 7.46. The molecule has 0 aliphatic carbocycles. The van der Waals surface area contributed by atoms with Crippen molar-refractivity contribution in [3.05, 3.63) is 52.8 Å². The first kappa shape index (κ1) is 25.8. The van der Waals surface area contributed by atoms with E-state index >= 15 is 0 Å². The predicted octanol–water partition coefficient (Wildman–Crippen LogP) is 3.21. The zero-order valence-electron chi connectivity index (χ0n) is 19.4. The van der Waals surface area contributed by atoms with Gasteiger partial charge in [-0.05, 0) is 44.5 Å². The van der Waals surface area contributed by atoms with Crippen molar-refractivity contribution in [3.63, 3.8) is 0 Å². The van der Waals surface area contributed by atoms with E-state index in [1.807, 2.05) is 18.4 Å². The third-order valence-corrected chi connectivity index (χ3v) is 7.40. The zero-order chi connectivity index (χ0) is 23.9. The fraction of sp³-hybridized carbons (Fsp3) is 0.478. The van der Waals surface area contributed by atoms with Crippen LogP contribution in [0, 0.1) is 13.8 Å². The van der Waals surface area contributed by atoms with E-state index < -0.39 is 22.6 Å². The Morgan fingerprint density at radius 3 is 2.41 bits per heavy atom. The highest BCUT2D eigenvalue weighted by molar-refractivity contribution is 7.89. The van der Waals surface area contributed by atoms with Crippen molar-refractivity contribution >= 4 is 21.8 Å². The molecule has 0 atom stereocenters. The van der Waals surface area contributed by atoms with E-state index in [1.165, 1.54) is 28.6 Å². The maximum Gasteiger partial charge on any atom is 0.338 e. The first-order valence-electron chi connectivity index (χ1n) is 10.6. The van der Waals surface area contributed by atoms with E-state index in [4.69, 9.17) is 9.47 Å². The Bertz CT molecular complexity index is 1050. The Labute approximate surface area is 190 Å². The maximum absolute atomic E-state index is 12.7. The lowest BCUT2D eigenvalue weighted by Gasteiger charge is -2.18. The highest BCUT2D eigenvalue weighted by Gasteiger charge is 2.23. The molecule has 0 aliphatic heterocycles. The molecule has 176 valence electrons. The lowest BCUT2D eigenvalue weighted by Crippen LogP contribution is -2.30. The van der Waals surface area contributed by atoms with Crippen LogP contribution in [0.15, 0.2) is 35.2 Å². The van der Waals surface area contributed by atoms with Gasteiger partial charge in [-0.2, -0.15) is 4.31 Å². The second-order valence-electron chi connectivity index (χ2n) is 7.40. The van der Waals surface area contributed by atoms with Crippen LogP contribution in [0.3, 0.4) is 0 Å². The zero-order valence-corrected chi connectivity index (χ0v) is 20.2. The van der Waals surface area contributed by atoms with Gasteiger partial charge in [0.2, 0.25) is 15.8 Å². The van der Waals surface area contributed by atoms with Gasteiger partial charge >= 0.3 is 5.97 Å². The lowest BCUT2D eigenvalue weighted by atomic mass is 10.1. The van der Waals surface area contributed by atoms with Gasteiger partial charge in [0.1, 0.15) is 0 Å². The molecule has 9 heteroatoms. The topological polar surface area (TPSA) is 94.9 Å². The highest BCUT2D eigenvalue weighted by atomic mass is 32.2. The second-order valence-corrected chi connectivity index (χ2v) is 9.34. The number of aromatic nitrogens is 1. The van der Waals surface area contributed by atoms with Crippen LogP contribution in [-0.2, 0) is 26.0 Å². The fourth-order valence-corrected chi connectivity index (χ4v) is 5.09. The number of sulfonamides is 1. The molecule has 2 aromatic rings. The van der Waals surface area contributed by atoms with Crippen LogP contribution in [0.5, 0.6) is 0 Å². The number of hydrogen-bond donors (Lipinski definition) is 0. The first-order chi connectivity index (χ1) is 15.2. The van der Waals surface area contributed by atoms with Crippen LogP contribution in [0.25, 0.3) is 0 Å². The van der Waals surface area contributed by atoms with E-state index in [9.17, 15) is 18.0 Å². The van der Waals surface area contributed by atoms with Crippen LogP contribution in [0.1, 0.15) is 52.4 Å². The summed E-state index contributed by atoms with van der Waals surface area (Å²) in [5.41, 5.74) is 2.34. The molecule has 0 amide bonds. The van der Waals surface area contributed by atoms with Gasteiger partial charge in [0.05, 0.1) is 10.5 Å².